The van der Waals surface area contributed by atoms with Crippen LogP contribution in [0, 0.1) is 10.1 Å². The van der Waals surface area contributed by atoms with Gasteiger partial charge in [-0.05, 0) is 19.2 Å². The number of furan rings is 1. The molecule has 0 fully saturated rings. The number of thioether (sulfide) groups is 1. The Bertz CT molecular complexity index is 448. The molecule has 7 nitrogen and oxygen atoms in total. The molecule has 0 radical (unpaired) electrons. The molecule has 0 aliphatic heterocycles. The minimum Gasteiger partial charge on any atom is -0.464 e. The van der Waals surface area contributed by atoms with Gasteiger partial charge in [-0.25, -0.2) is 0 Å². The lowest BCUT2D eigenvalue weighted by atomic mass is 10.4. The Morgan fingerprint density at radius 2 is 2.20 bits per heavy atom. The summed E-state index contributed by atoms with van der Waals surface area (Å²) >= 11 is 1.71. The number of rotatable bonds is 10. The Morgan fingerprint density at radius 3 is 2.85 bits per heavy atom. The van der Waals surface area contributed by atoms with E-state index in [1.165, 1.54) is 0 Å². The molecule has 1 rings (SSSR count). The van der Waals surface area contributed by atoms with Crippen molar-refractivity contribution in [2.24, 2.45) is 0 Å². The average Bonchev–Trinajstić information content (AvgIpc) is 2.84. The van der Waals surface area contributed by atoms with Gasteiger partial charge in [-0.15, -0.1) is 0 Å². The van der Waals surface area contributed by atoms with Gasteiger partial charge in [0.1, 0.15) is 11.5 Å². The minimum absolute atomic E-state index is 0.407. The van der Waals surface area contributed by atoms with E-state index < -0.39 is 4.92 Å². The van der Waals surface area contributed by atoms with Crippen molar-refractivity contribution in [1.82, 2.24) is 16.0 Å². The van der Waals surface area contributed by atoms with Gasteiger partial charge in [0.25, 0.3) is 6.20 Å². The first-order valence-corrected chi connectivity index (χ1v) is 7.38. The van der Waals surface area contributed by atoms with Crippen LogP contribution in [0.2, 0.25) is 0 Å². The molecule has 1 aromatic rings. The minimum atomic E-state index is -0.488. The second-order valence-electron chi connectivity index (χ2n) is 3.96. The second-order valence-corrected chi connectivity index (χ2v) is 5.06. The maximum Gasteiger partial charge on any atom is 0.274 e. The van der Waals surface area contributed by atoms with Gasteiger partial charge in [0.2, 0.25) is 0 Å². The van der Waals surface area contributed by atoms with Crippen molar-refractivity contribution in [3.05, 3.63) is 45.8 Å². The third kappa shape index (κ3) is 6.48. The van der Waals surface area contributed by atoms with Crippen LogP contribution in [0.15, 0.2) is 28.6 Å². The van der Waals surface area contributed by atoms with Crippen molar-refractivity contribution in [1.29, 1.82) is 0 Å². The van der Waals surface area contributed by atoms with E-state index in [1.807, 2.05) is 19.2 Å². The lowest BCUT2D eigenvalue weighted by Gasteiger charge is -2.07. The van der Waals surface area contributed by atoms with E-state index in [-0.39, 0.29) is 0 Å². The normalized spacial score (nSPS) is 11.4. The van der Waals surface area contributed by atoms with Gasteiger partial charge >= 0.3 is 0 Å². The first kappa shape index (κ1) is 16.4. The third-order valence-corrected chi connectivity index (χ3v) is 3.36. The summed E-state index contributed by atoms with van der Waals surface area (Å²) in [5, 5.41) is 19.0. The highest BCUT2D eigenvalue weighted by atomic mass is 32.2. The smallest absolute Gasteiger partial charge is 0.274 e. The Balaban J connectivity index is 2.19. The van der Waals surface area contributed by atoms with Gasteiger partial charge in [0, 0.05) is 19.3 Å². The molecule has 0 saturated heterocycles. The number of hydrogen-bond donors (Lipinski definition) is 3. The number of nitrogens with one attached hydrogen (secondary N) is 3. The number of nitrogens with zero attached hydrogens (tertiary/aromatic N) is 1. The summed E-state index contributed by atoms with van der Waals surface area (Å²) in [5.74, 6) is 3.89. The predicted molar refractivity (Wildman–Crippen MR) is 79.8 cm³/mol. The lowest BCUT2D eigenvalue weighted by molar-refractivity contribution is -0.404. The van der Waals surface area contributed by atoms with Crippen LogP contribution in [-0.2, 0) is 12.3 Å². The van der Waals surface area contributed by atoms with E-state index in [0.717, 1.165) is 35.8 Å². The van der Waals surface area contributed by atoms with Gasteiger partial charge in [-0.3, -0.25) is 10.1 Å². The summed E-state index contributed by atoms with van der Waals surface area (Å²) < 4.78 is 5.61. The van der Waals surface area contributed by atoms with Crippen molar-refractivity contribution in [2.45, 2.75) is 12.3 Å². The molecule has 1 heterocycles. The fraction of sp³-hybridized carbons (Fsp3) is 0.500. The monoisotopic (exact) mass is 300 g/mol. The summed E-state index contributed by atoms with van der Waals surface area (Å²) in [6, 6.07) is 3.93. The molecule has 0 atom stereocenters. The molecule has 3 N–H and O–H groups in total. The Hall–Kier alpha value is -1.67. The Kier molecular flexibility index (Phi) is 7.59. The molecule has 0 bridgehead atoms. The molecule has 0 amide bonds. The zero-order valence-electron chi connectivity index (χ0n) is 11.6. The van der Waals surface area contributed by atoms with Gasteiger partial charge < -0.3 is 20.4 Å². The summed E-state index contributed by atoms with van der Waals surface area (Å²) in [6.45, 7) is 1.37. The predicted octanol–water partition coefficient (Wildman–Crippen LogP) is 1.12. The molecule has 0 aromatic carbocycles. The third-order valence-electron chi connectivity index (χ3n) is 2.38. The van der Waals surface area contributed by atoms with E-state index >= 15 is 0 Å². The van der Waals surface area contributed by atoms with Crippen molar-refractivity contribution >= 4 is 11.8 Å². The molecule has 0 spiro atoms. The first-order chi connectivity index (χ1) is 9.65. The highest BCUT2D eigenvalue weighted by Gasteiger charge is 2.02. The molecule has 8 heteroatoms. The standard InChI is InChI=1S/C12H20N4O3S/c1-13-7-10-3-4-11(19-10)9-20-6-5-15-12(14-2)8-16(17)18/h3-4,8,13-15H,5-7,9H2,1-2H3. The van der Waals surface area contributed by atoms with E-state index in [9.17, 15) is 10.1 Å². The van der Waals surface area contributed by atoms with E-state index in [0.29, 0.717) is 12.4 Å². The molecule has 20 heavy (non-hydrogen) atoms. The van der Waals surface area contributed by atoms with Crippen molar-refractivity contribution < 1.29 is 9.34 Å². The highest BCUT2D eigenvalue weighted by Crippen LogP contribution is 2.15. The number of hydrogen-bond acceptors (Lipinski definition) is 7. The quantitative estimate of drug-likeness (QED) is 0.339. The first-order valence-electron chi connectivity index (χ1n) is 6.22. The lowest BCUT2D eigenvalue weighted by Crippen LogP contribution is -2.26. The molecule has 0 saturated carbocycles. The van der Waals surface area contributed by atoms with E-state index in [1.54, 1.807) is 18.8 Å². The van der Waals surface area contributed by atoms with E-state index in [4.69, 9.17) is 4.42 Å². The van der Waals surface area contributed by atoms with E-state index in [2.05, 4.69) is 16.0 Å². The Morgan fingerprint density at radius 1 is 1.45 bits per heavy atom. The molecular formula is C12H20N4O3S. The van der Waals surface area contributed by atoms with Gasteiger partial charge in [-0.2, -0.15) is 11.8 Å². The van der Waals surface area contributed by atoms with Crippen molar-refractivity contribution in [2.75, 3.05) is 26.4 Å². The Labute approximate surface area is 122 Å². The molecule has 0 aliphatic carbocycles. The topological polar surface area (TPSA) is 92.4 Å². The van der Waals surface area contributed by atoms with Crippen LogP contribution in [0.1, 0.15) is 11.5 Å². The van der Waals surface area contributed by atoms with Gasteiger partial charge in [0.15, 0.2) is 5.82 Å². The van der Waals surface area contributed by atoms with Crippen molar-refractivity contribution in [3.8, 4) is 0 Å². The van der Waals surface area contributed by atoms with Crippen LogP contribution in [0.25, 0.3) is 0 Å². The molecule has 112 valence electrons. The second kappa shape index (κ2) is 9.27. The van der Waals surface area contributed by atoms with Crippen molar-refractivity contribution in [3.63, 3.8) is 0 Å². The largest absolute Gasteiger partial charge is 0.464 e. The summed E-state index contributed by atoms with van der Waals surface area (Å²) in [5.41, 5.74) is 0. The molecular weight excluding hydrogens is 280 g/mol. The maximum absolute atomic E-state index is 10.3. The van der Waals surface area contributed by atoms with Gasteiger partial charge in [0.05, 0.1) is 17.2 Å². The fourth-order valence-corrected chi connectivity index (χ4v) is 2.25. The number of nitro groups is 1. The highest BCUT2D eigenvalue weighted by molar-refractivity contribution is 7.98. The summed E-state index contributed by atoms with van der Waals surface area (Å²) in [7, 11) is 3.52. The SMILES string of the molecule is CNCc1ccc(CSCCNC(=C[N+](=O)[O-])NC)o1. The zero-order valence-corrected chi connectivity index (χ0v) is 12.5. The summed E-state index contributed by atoms with van der Waals surface area (Å²) in [6.07, 6.45) is 0.918. The van der Waals surface area contributed by atoms with Crippen LogP contribution in [-0.4, -0.2) is 31.3 Å². The van der Waals surface area contributed by atoms with Crippen LogP contribution in [0.4, 0.5) is 0 Å². The maximum atomic E-state index is 10.3. The van der Waals surface area contributed by atoms with Crippen LogP contribution < -0.4 is 16.0 Å². The average molecular weight is 300 g/mol. The van der Waals surface area contributed by atoms with Crippen LogP contribution in [0.5, 0.6) is 0 Å². The molecule has 1 aromatic heterocycles. The van der Waals surface area contributed by atoms with Gasteiger partial charge in [-0.1, -0.05) is 0 Å². The zero-order chi connectivity index (χ0) is 14.8. The van der Waals surface area contributed by atoms with Crippen LogP contribution >= 0.6 is 11.8 Å². The summed E-state index contributed by atoms with van der Waals surface area (Å²) in [4.78, 5) is 9.84. The fourth-order valence-electron chi connectivity index (χ4n) is 1.50. The molecule has 0 aliphatic rings. The van der Waals surface area contributed by atoms with Crippen LogP contribution in [0.3, 0.4) is 0 Å². The molecule has 0 unspecified atom stereocenters.